The van der Waals surface area contributed by atoms with Crippen LogP contribution in [0.5, 0.6) is 0 Å². The van der Waals surface area contributed by atoms with E-state index in [1.807, 2.05) is 0 Å². The van der Waals surface area contributed by atoms with E-state index in [1.54, 1.807) is 0 Å². The normalized spacial score (nSPS) is 36.2. The van der Waals surface area contributed by atoms with Gasteiger partial charge in [0.1, 0.15) is 0 Å². The lowest BCUT2D eigenvalue weighted by atomic mass is 9.75. The van der Waals surface area contributed by atoms with Crippen molar-refractivity contribution >= 4 is 0 Å². The van der Waals surface area contributed by atoms with Crippen LogP contribution in [0.2, 0.25) is 0 Å². The number of nitrogens with one attached hydrogen (secondary N) is 1. The van der Waals surface area contributed by atoms with E-state index in [2.05, 4.69) is 26.1 Å². The SMILES string of the molecule is CC(NC1CCCC(C)(C)C1)C1CCCO1. The average molecular weight is 225 g/mol. The fraction of sp³-hybridized carbons (Fsp3) is 1.00. The van der Waals surface area contributed by atoms with Gasteiger partial charge in [0.25, 0.3) is 0 Å². The molecule has 2 nitrogen and oxygen atoms in total. The van der Waals surface area contributed by atoms with Crippen LogP contribution in [0, 0.1) is 5.41 Å². The first-order valence-corrected chi connectivity index (χ1v) is 6.94. The molecule has 0 spiro atoms. The Kier molecular flexibility index (Phi) is 3.91. The highest BCUT2D eigenvalue weighted by Gasteiger charge is 2.30. The second-order valence-electron chi connectivity index (χ2n) is 6.46. The largest absolute Gasteiger partial charge is 0.377 e. The van der Waals surface area contributed by atoms with Crippen LogP contribution in [0.1, 0.15) is 59.3 Å². The molecule has 1 saturated heterocycles. The summed E-state index contributed by atoms with van der Waals surface area (Å²) in [5.74, 6) is 0. The molecule has 1 aliphatic heterocycles. The predicted molar refractivity (Wildman–Crippen MR) is 67.6 cm³/mol. The molecule has 0 amide bonds. The summed E-state index contributed by atoms with van der Waals surface area (Å²) in [6.45, 7) is 8.06. The maximum absolute atomic E-state index is 5.75. The minimum Gasteiger partial charge on any atom is -0.377 e. The van der Waals surface area contributed by atoms with E-state index in [0.29, 0.717) is 23.6 Å². The smallest absolute Gasteiger partial charge is 0.0726 e. The van der Waals surface area contributed by atoms with Gasteiger partial charge in [-0.2, -0.15) is 0 Å². The highest BCUT2D eigenvalue weighted by Crippen LogP contribution is 2.35. The summed E-state index contributed by atoms with van der Waals surface area (Å²) in [4.78, 5) is 0. The van der Waals surface area contributed by atoms with Gasteiger partial charge >= 0.3 is 0 Å². The number of ether oxygens (including phenoxy) is 1. The molecule has 2 fully saturated rings. The Morgan fingerprint density at radius 1 is 1.25 bits per heavy atom. The minimum absolute atomic E-state index is 0.463. The van der Waals surface area contributed by atoms with Crippen molar-refractivity contribution in [2.75, 3.05) is 6.61 Å². The van der Waals surface area contributed by atoms with E-state index in [4.69, 9.17) is 4.74 Å². The van der Waals surface area contributed by atoms with Gasteiger partial charge in [-0.1, -0.05) is 20.3 Å². The van der Waals surface area contributed by atoms with Crippen LogP contribution < -0.4 is 5.32 Å². The summed E-state index contributed by atoms with van der Waals surface area (Å²) in [6.07, 6.45) is 8.38. The predicted octanol–water partition coefficient (Wildman–Crippen LogP) is 3.11. The van der Waals surface area contributed by atoms with Gasteiger partial charge in [-0.15, -0.1) is 0 Å². The van der Waals surface area contributed by atoms with Crippen LogP contribution in [0.15, 0.2) is 0 Å². The van der Waals surface area contributed by atoms with Crippen molar-refractivity contribution in [3.8, 4) is 0 Å². The molecule has 0 radical (unpaired) electrons. The standard InChI is InChI=1S/C14H27NO/c1-11(13-7-5-9-16-13)15-12-6-4-8-14(2,3)10-12/h11-13,15H,4-10H2,1-3H3. The van der Waals surface area contributed by atoms with Crippen LogP contribution >= 0.6 is 0 Å². The summed E-state index contributed by atoms with van der Waals surface area (Å²) < 4.78 is 5.75. The van der Waals surface area contributed by atoms with Gasteiger partial charge in [0.05, 0.1) is 6.10 Å². The molecule has 3 atom stereocenters. The first-order chi connectivity index (χ1) is 7.57. The third-order valence-electron chi connectivity index (χ3n) is 4.23. The maximum Gasteiger partial charge on any atom is 0.0726 e. The fourth-order valence-electron chi connectivity index (χ4n) is 3.32. The molecule has 16 heavy (non-hydrogen) atoms. The van der Waals surface area contributed by atoms with Gasteiger partial charge in [-0.3, -0.25) is 0 Å². The van der Waals surface area contributed by atoms with Crippen molar-refractivity contribution in [1.82, 2.24) is 5.32 Å². The van der Waals surface area contributed by atoms with Crippen molar-refractivity contribution in [2.24, 2.45) is 5.41 Å². The van der Waals surface area contributed by atoms with Crippen molar-refractivity contribution in [1.29, 1.82) is 0 Å². The molecular formula is C14H27NO. The Balaban J connectivity index is 1.79. The van der Waals surface area contributed by atoms with Gasteiger partial charge in [0.2, 0.25) is 0 Å². The lowest BCUT2D eigenvalue weighted by Crippen LogP contribution is -2.46. The average Bonchev–Trinajstić information content (AvgIpc) is 2.68. The summed E-state index contributed by atoms with van der Waals surface area (Å²) in [5, 5.41) is 3.79. The second kappa shape index (κ2) is 5.05. The van der Waals surface area contributed by atoms with Gasteiger partial charge in [0.15, 0.2) is 0 Å². The Morgan fingerprint density at radius 2 is 2.06 bits per heavy atom. The molecule has 0 aromatic carbocycles. The second-order valence-corrected chi connectivity index (χ2v) is 6.46. The highest BCUT2D eigenvalue weighted by molar-refractivity contribution is 4.87. The lowest BCUT2D eigenvalue weighted by molar-refractivity contribution is 0.0720. The monoisotopic (exact) mass is 225 g/mol. The van der Waals surface area contributed by atoms with Gasteiger partial charge in [0, 0.05) is 18.7 Å². The molecule has 2 heteroatoms. The molecule has 94 valence electrons. The molecule has 2 rings (SSSR count). The van der Waals surface area contributed by atoms with Crippen LogP contribution in [-0.4, -0.2) is 24.8 Å². The van der Waals surface area contributed by atoms with Crippen LogP contribution in [0.25, 0.3) is 0 Å². The zero-order chi connectivity index (χ0) is 11.6. The zero-order valence-electron chi connectivity index (χ0n) is 11.1. The van der Waals surface area contributed by atoms with E-state index in [-0.39, 0.29) is 0 Å². The lowest BCUT2D eigenvalue weighted by Gasteiger charge is -2.37. The molecular weight excluding hydrogens is 198 g/mol. The topological polar surface area (TPSA) is 21.3 Å². The Hall–Kier alpha value is -0.0800. The first kappa shape index (κ1) is 12.4. The quantitative estimate of drug-likeness (QED) is 0.797. The summed E-state index contributed by atoms with van der Waals surface area (Å²) in [5.41, 5.74) is 0.534. The Labute approximate surface area is 100 Å². The first-order valence-electron chi connectivity index (χ1n) is 6.94. The minimum atomic E-state index is 0.463. The molecule has 1 heterocycles. The van der Waals surface area contributed by atoms with Crippen LogP contribution in [0.4, 0.5) is 0 Å². The van der Waals surface area contributed by atoms with Gasteiger partial charge < -0.3 is 10.1 Å². The molecule has 1 aliphatic carbocycles. The summed E-state index contributed by atoms with van der Waals surface area (Å²) in [7, 11) is 0. The van der Waals surface area contributed by atoms with Crippen LogP contribution in [-0.2, 0) is 4.74 Å². The van der Waals surface area contributed by atoms with E-state index in [0.717, 1.165) is 6.61 Å². The molecule has 1 N–H and O–H groups in total. The zero-order valence-corrected chi connectivity index (χ0v) is 11.1. The van der Waals surface area contributed by atoms with E-state index >= 15 is 0 Å². The van der Waals surface area contributed by atoms with Crippen molar-refractivity contribution in [3.05, 3.63) is 0 Å². The number of hydrogen-bond acceptors (Lipinski definition) is 2. The fourth-order valence-corrected chi connectivity index (χ4v) is 3.32. The molecule has 3 unspecified atom stereocenters. The Bertz CT molecular complexity index is 221. The van der Waals surface area contributed by atoms with Crippen molar-refractivity contribution in [2.45, 2.75) is 77.5 Å². The molecule has 0 aromatic rings. The molecule has 0 aromatic heterocycles. The highest BCUT2D eigenvalue weighted by atomic mass is 16.5. The third kappa shape index (κ3) is 3.21. The van der Waals surface area contributed by atoms with Crippen molar-refractivity contribution in [3.63, 3.8) is 0 Å². The summed E-state index contributed by atoms with van der Waals surface area (Å²) >= 11 is 0. The Morgan fingerprint density at radius 3 is 2.69 bits per heavy atom. The molecule has 2 aliphatic rings. The van der Waals surface area contributed by atoms with Crippen molar-refractivity contribution < 1.29 is 4.74 Å². The summed E-state index contributed by atoms with van der Waals surface area (Å²) in [6, 6.07) is 1.24. The van der Waals surface area contributed by atoms with Crippen LogP contribution in [0.3, 0.4) is 0 Å². The van der Waals surface area contributed by atoms with E-state index < -0.39 is 0 Å². The molecule has 1 saturated carbocycles. The number of rotatable bonds is 3. The third-order valence-corrected chi connectivity index (χ3v) is 4.23. The van der Waals surface area contributed by atoms with E-state index in [9.17, 15) is 0 Å². The van der Waals surface area contributed by atoms with Gasteiger partial charge in [-0.25, -0.2) is 0 Å². The van der Waals surface area contributed by atoms with Gasteiger partial charge in [-0.05, 0) is 44.4 Å². The molecule has 0 bridgehead atoms. The van der Waals surface area contributed by atoms with E-state index in [1.165, 1.54) is 38.5 Å². The number of hydrogen-bond donors (Lipinski definition) is 1. The maximum atomic E-state index is 5.75.